The highest BCUT2D eigenvalue weighted by Gasteiger charge is 2.52. The van der Waals surface area contributed by atoms with E-state index in [1.165, 1.54) is 22.7 Å². The van der Waals surface area contributed by atoms with Crippen LogP contribution in [-0.4, -0.2) is 51.6 Å². The van der Waals surface area contributed by atoms with E-state index in [0.717, 1.165) is 0 Å². The molecule has 2 N–H and O–H groups in total. The molecule has 1 unspecified atom stereocenters. The fraction of sp³-hybridized carbons (Fsp3) is 0.267. The number of fused-ring (bicyclic) bond motifs is 1. The number of aliphatic carboxylic acids is 1. The Hall–Kier alpha value is -2.48. The summed E-state index contributed by atoms with van der Waals surface area (Å²) in [6.07, 6.45) is 1.50. The van der Waals surface area contributed by atoms with E-state index in [0.29, 0.717) is 11.5 Å². The lowest BCUT2D eigenvalue weighted by Gasteiger charge is -2.48. The summed E-state index contributed by atoms with van der Waals surface area (Å²) in [5, 5.41) is 11.3. The highest BCUT2D eigenvalue weighted by atomic mass is 32.2. The van der Waals surface area contributed by atoms with Crippen molar-refractivity contribution in [2.24, 2.45) is 0 Å². The first-order chi connectivity index (χ1) is 11.1. The number of β-lactam (4-membered cyclic amide) rings is 1. The first-order valence-electron chi connectivity index (χ1n) is 6.93. The molecule has 0 aliphatic carbocycles. The Bertz CT molecular complexity index is 676. The average molecular weight is 334 g/mol. The van der Waals surface area contributed by atoms with E-state index in [2.05, 4.69) is 5.32 Å². The largest absolute Gasteiger partial charge is 0.484 e. The molecule has 1 aromatic rings. The lowest BCUT2D eigenvalue weighted by molar-refractivity contribution is -0.150. The first kappa shape index (κ1) is 15.4. The Kier molecular flexibility index (Phi) is 4.24. The van der Waals surface area contributed by atoms with Crippen molar-refractivity contribution in [1.29, 1.82) is 0 Å². The number of carboxylic acids is 1. The summed E-state index contributed by atoms with van der Waals surface area (Å²) >= 11 is 1.41. The van der Waals surface area contributed by atoms with E-state index in [1.807, 2.05) is 6.07 Å². The Balaban J connectivity index is 1.55. The standard InChI is InChI=1S/C15H14N2O5S/c18-11(8-22-9-4-2-1-3-5-9)16-12-13(19)17-10(15(20)21)6-7-23-14(12)17/h1-6,12,14H,7-8H2,(H,16,18)(H,20,21)/t12?,14-/m0/s1. The second-order valence-electron chi connectivity index (χ2n) is 4.97. The van der Waals surface area contributed by atoms with Gasteiger partial charge < -0.3 is 15.2 Å². The van der Waals surface area contributed by atoms with E-state index < -0.39 is 23.8 Å². The molecule has 1 saturated heterocycles. The third-order valence-electron chi connectivity index (χ3n) is 3.50. The molecule has 0 aromatic heterocycles. The number of amides is 2. The zero-order chi connectivity index (χ0) is 16.4. The second kappa shape index (κ2) is 6.33. The van der Waals surface area contributed by atoms with Gasteiger partial charge in [-0.2, -0.15) is 0 Å². The van der Waals surface area contributed by atoms with Crippen LogP contribution in [-0.2, 0) is 14.4 Å². The minimum absolute atomic E-state index is 0.0233. The van der Waals surface area contributed by atoms with E-state index in [-0.39, 0.29) is 17.7 Å². The molecular formula is C15H14N2O5S. The summed E-state index contributed by atoms with van der Waals surface area (Å²) < 4.78 is 5.32. The van der Waals surface area contributed by atoms with Crippen LogP contribution in [0.15, 0.2) is 42.1 Å². The summed E-state index contributed by atoms with van der Waals surface area (Å²) in [6, 6.07) is 8.16. The Morgan fingerprint density at radius 2 is 2.09 bits per heavy atom. The summed E-state index contributed by atoms with van der Waals surface area (Å²) in [5.41, 5.74) is -0.0233. The number of para-hydroxylation sites is 1. The van der Waals surface area contributed by atoms with Crippen LogP contribution in [0, 0.1) is 0 Å². The van der Waals surface area contributed by atoms with Crippen molar-refractivity contribution in [3.8, 4) is 5.75 Å². The molecule has 0 bridgehead atoms. The van der Waals surface area contributed by atoms with Gasteiger partial charge in [-0.25, -0.2) is 4.79 Å². The van der Waals surface area contributed by atoms with Crippen LogP contribution in [0.1, 0.15) is 0 Å². The van der Waals surface area contributed by atoms with Gasteiger partial charge in [0.25, 0.3) is 11.8 Å². The van der Waals surface area contributed by atoms with Crippen molar-refractivity contribution < 1.29 is 24.2 Å². The van der Waals surface area contributed by atoms with Gasteiger partial charge in [-0.3, -0.25) is 14.5 Å². The smallest absolute Gasteiger partial charge is 0.352 e. The second-order valence-corrected chi connectivity index (χ2v) is 6.12. The van der Waals surface area contributed by atoms with Crippen LogP contribution in [0.2, 0.25) is 0 Å². The maximum absolute atomic E-state index is 12.1. The lowest BCUT2D eigenvalue weighted by Crippen LogP contribution is -2.70. The third kappa shape index (κ3) is 3.02. The van der Waals surface area contributed by atoms with Gasteiger partial charge in [0.1, 0.15) is 22.9 Å². The van der Waals surface area contributed by atoms with Crippen LogP contribution in [0.5, 0.6) is 5.75 Å². The van der Waals surface area contributed by atoms with E-state index >= 15 is 0 Å². The molecule has 0 spiro atoms. The average Bonchev–Trinajstić information content (AvgIpc) is 2.57. The van der Waals surface area contributed by atoms with Gasteiger partial charge in [-0.1, -0.05) is 18.2 Å². The summed E-state index contributed by atoms with van der Waals surface area (Å²) in [4.78, 5) is 36.3. The molecule has 23 heavy (non-hydrogen) atoms. The number of carbonyl (C=O) groups is 3. The number of ether oxygens (including phenoxy) is 1. The number of nitrogens with zero attached hydrogens (tertiary/aromatic N) is 1. The van der Waals surface area contributed by atoms with Gasteiger partial charge in [0, 0.05) is 5.75 Å². The topological polar surface area (TPSA) is 95.9 Å². The van der Waals surface area contributed by atoms with Gasteiger partial charge in [0.05, 0.1) is 0 Å². The van der Waals surface area contributed by atoms with Crippen LogP contribution >= 0.6 is 11.8 Å². The Morgan fingerprint density at radius 3 is 2.78 bits per heavy atom. The molecule has 2 aliphatic heterocycles. The number of carboxylic acid groups (broad SMARTS) is 1. The monoisotopic (exact) mass is 334 g/mol. The molecule has 8 heteroatoms. The zero-order valence-electron chi connectivity index (χ0n) is 12.0. The Labute approximate surface area is 136 Å². The number of nitrogens with one attached hydrogen (secondary N) is 1. The van der Waals surface area contributed by atoms with Gasteiger partial charge in [0.2, 0.25) is 0 Å². The van der Waals surface area contributed by atoms with E-state index in [1.54, 1.807) is 24.3 Å². The van der Waals surface area contributed by atoms with Crippen molar-refractivity contribution in [3.05, 3.63) is 42.1 Å². The van der Waals surface area contributed by atoms with Crippen LogP contribution in [0.4, 0.5) is 0 Å². The quantitative estimate of drug-likeness (QED) is 0.759. The van der Waals surface area contributed by atoms with Gasteiger partial charge in [0.15, 0.2) is 6.61 Å². The molecule has 3 rings (SSSR count). The number of rotatable bonds is 5. The SMILES string of the molecule is O=C(COc1ccccc1)NC1C(=O)N2C(C(=O)O)=CCS[C@@H]12. The van der Waals surface area contributed by atoms with Crippen LogP contribution in [0.3, 0.4) is 0 Å². The highest BCUT2D eigenvalue weighted by Crippen LogP contribution is 2.37. The maximum atomic E-state index is 12.1. The van der Waals surface area contributed by atoms with E-state index in [9.17, 15) is 14.4 Å². The van der Waals surface area contributed by atoms with Crippen LogP contribution < -0.4 is 10.1 Å². The highest BCUT2D eigenvalue weighted by molar-refractivity contribution is 8.00. The van der Waals surface area contributed by atoms with Crippen molar-refractivity contribution in [1.82, 2.24) is 10.2 Å². The lowest BCUT2D eigenvalue weighted by atomic mass is 10.1. The fourth-order valence-corrected chi connectivity index (χ4v) is 3.61. The number of carbonyl (C=O) groups excluding carboxylic acids is 2. The van der Waals surface area contributed by atoms with Gasteiger partial charge >= 0.3 is 5.97 Å². The van der Waals surface area contributed by atoms with Crippen molar-refractivity contribution in [2.75, 3.05) is 12.4 Å². The minimum atomic E-state index is -1.14. The number of hydrogen-bond donors (Lipinski definition) is 2. The van der Waals surface area contributed by atoms with Crippen molar-refractivity contribution in [3.63, 3.8) is 0 Å². The molecule has 0 radical (unpaired) electrons. The third-order valence-corrected chi connectivity index (χ3v) is 4.68. The molecule has 120 valence electrons. The molecule has 2 amide bonds. The first-order valence-corrected chi connectivity index (χ1v) is 7.98. The maximum Gasteiger partial charge on any atom is 0.352 e. The molecule has 0 saturated carbocycles. The summed E-state index contributed by atoms with van der Waals surface area (Å²) in [7, 11) is 0. The van der Waals surface area contributed by atoms with Crippen molar-refractivity contribution in [2.45, 2.75) is 11.4 Å². The molecule has 7 nitrogen and oxygen atoms in total. The number of hydrogen-bond acceptors (Lipinski definition) is 5. The minimum Gasteiger partial charge on any atom is -0.484 e. The normalized spacial score (nSPS) is 22.5. The molecule has 2 aliphatic rings. The van der Waals surface area contributed by atoms with Crippen LogP contribution in [0.25, 0.3) is 0 Å². The molecule has 2 atom stereocenters. The fourth-order valence-electron chi connectivity index (χ4n) is 2.42. The predicted octanol–water partition coefficient (Wildman–Crippen LogP) is 0.434. The zero-order valence-corrected chi connectivity index (χ0v) is 12.8. The molecule has 1 aromatic carbocycles. The number of benzene rings is 1. The van der Waals surface area contributed by atoms with Gasteiger partial charge in [-0.05, 0) is 18.2 Å². The number of thioether (sulfide) groups is 1. The summed E-state index contributed by atoms with van der Waals surface area (Å²) in [6.45, 7) is -0.202. The van der Waals surface area contributed by atoms with E-state index in [4.69, 9.17) is 9.84 Å². The van der Waals surface area contributed by atoms with Crippen molar-refractivity contribution >= 4 is 29.5 Å². The molecular weight excluding hydrogens is 320 g/mol. The molecule has 1 fully saturated rings. The Morgan fingerprint density at radius 1 is 1.35 bits per heavy atom. The van der Waals surface area contributed by atoms with Gasteiger partial charge in [-0.15, -0.1) is 11.8 Å². The predicted molar refractivity (Wildman–Crippen MR) is 82.7 cm³/mol. The summed E-state index contributed by atoms with van der Waals surface area (Å²) in [5.74, 6) is -0.917. The molecule has 2 heterocycles.